The number of nitrogens with two attached hydrogens (primary N) is 1. The summed E-state index contributed by atoms with van der Waals surface area (Å²) in [5, 5.41) is 1.69. The van der Waals surface area contributed by atoms with E-state index < -0.39 is 35.1 Å². The van der Waals surface area contributed by atoms with E-state index in [0.717, 1.165) is 5.56 Å². The monoisotopic (exact) mass is 420 g/mol. The van der Waals surface area contributed by atoms with E-state index in [1.54, 1.807) is 32.8 Å². The van der Waals surface area contributed by atoms with Crippen molar-refractivity contribution in [1.82, 2.24) is 5.06 Å². The third-order valence-corrected chi connectivity index (χ3v) is 4.85. The van der Waals surface area contributed by atoms with Crippen LogP contribution in [0.4, 0.5) is 0 Å². The van der Waals surface area contributed by atoms with Crippen LogP contribution in [0.1, 0.15) is 53.5 Å². The van der Waals surface area contributed by atoms with Crippen molar-refractivity contribution in [1.29, 1.82) is 0 Å². The minimum atomic E-state index is -1.48. The lowest BCUT2D eigenvalue weighted by Crippen LogP contribution is -2.62. The maximum Gasteiger partial charge on any atom is 0.329 e. The van der Waals surface area contributed by atoms with Gasteiger partial charge in [-0.15, -0.1) is 0 Å². The first-order valence-electron chi connectivity index (χ1n) is 10.6. The highest BCUT2D eigenvalue weighted by Gasteiger charge is 2.56. The molecule has 1 aromatic rings. The maximum absolute atomic E-state index is 13.2. The molecule has 0 aromatic heterocycles. The standard InChI is InChI=1S/C23H36N2O5/c1-7-28-20(26)18-15-25(14-17-11-9-8-10-12-17)30-19(18)23(24,13-16(2)3)21(27)29-22(4,5)6/h8-12,16,18-19H,7,13-15,24H2,1-6H3/t18?,19?,23-/m0/s1. The molecule has 1 fully saturated rings. The molecule has 1 heterocycles. The molecule has 1 aromatic carbocycles. The normalized spacial score (nSPS) is 22.0. The van der Waals surface area contributed by atoms with Crippen molar-refractivity contribution in [3.8, 4) is 0 Å². The summed E-state index contributed by atoms with van der Waals surface area (Å²) in [6.07, 6.45) is -0.556. The zero-order chi connectivity index (χ0) is 22.5. The third kappa shape index (κ3) is 6.27. The topological polar surface area (TPSA) is 91.1 Å². The van der Waals surface area contributed by atoms with Crippen LogP contribution < -0.4 is 5.73 Å². The van der Waals surface area contributed by atoms with Gasteiger partial charge in [-0.05, 0) is 45.6 Å². The largest absolute Gasteiger partial charge is 0.466 e. The van der Waals surface area contributed by atoms with E-state index in [9.17, 15) is 9.59 Å². The van der Waals surface area contributed by atoms with Crippen LogP contribution in [0.15, 0.2) is 30.3 Å². The molecule has 168 valence electrons. The van der Waals surface area contributed by atoms with Gasteiger partial charge in [0.25, 0.3) is 0 Å². The maximum atomic E-state index is 13.2. The highest BCUT2D eigenvalue weighted by Crippen LogP contribution is 2.35. The average Bonchev–Trinajstić information content (AvgIpc) is 3.05. The molecule has 0 spiro atoms. The van der Waals surface area contributed by atoms with Gasteiger partial charge in [-0.1, -0.05) is 44.2 Å². The van der Waals surface area contributed by atoms with Crippen LogP contribution in [0.25, 0.3) is 0 Å². The molecule has 7 heteroatoms. The number of hydroxylamine groups is 2. The first kappa shape index (κ1) is 24.3. The number of hydrogen-bond donors (Lipinski definition) is 1. The number of carbonyl (C=O) groups excluding carboxylic acids is 2. The third-order valence-electron chi connectivity index (χ3n) is 4.85. The Morgan fingerprint density at radius 1 is 1.23 bits per heavy atom. The highest BCUT2D eigenvalue weighted by atomic mass is 16.7. The van der Waals surface area contributed by atoms with Crippen molar-refractivity contribution in [2.24, 2.45) is 17.6 Å². The molecule has 0 bridgehead atoms. The van der Waals surface area contributed by atoms with Crippen molar-refractivity contribution >= 4 is 11.9 Å². The number of benzene rings is 1. The molecule has 7 nitrogen and oxygen atoms in total. The Morgan fingerprint density at radius 3 is 2.40 bits per heavy atom. The van der Waals surface area contributed by atoms with E-state index in [2.05, 4.69) is 0 Å². The number of nitrogens with zero attached hydrogens (tertiary/aromatic N) is 1. The van der Waals surface area contributed by atoms with Crippen molar-refractivity contribution in [2.45, 2.75) is 71.8 Å². The number of hydrogen-bond acceptors (Lipinski definition) is 7. The molecule has 3 atom stereocenters. The number of esters is 2. The minimum Gasteiger partial charge on any atom is -0.466 e. The van der Waals surface area contributed by atoms with E-state index in [1.165, 1.54) is 0 Å². The Kier molecular flexibility index (Phi) is 8.02. The SMILES string of the molecule is CCOC(=O)C1CN(Cc2ccccc2)OC1[C@@](N)(CC(C)C)C(=O)OC(C)(C)C. The Bertz CT molecular complexity index is 716. The van der Waals surface area contributed by atoms with E-state index >= 15 is 0 Å². The van der Waals surface area contributed by atoms with Crippen molar-refractivity contribution in [3.63, 3.8) is 0 Å². The smallest absolute Gasteiger partial charge is 0.329 e. The first-order valence-corrected chi connectivity index (χ1v) is 10.6. The summed E-state index contributed by atoms with van der Waals surface area (Å²) in [6.45, 7) is 12.1. The summed E-state index contributed by atoms with van der Waals surface area (Å²) in [5.41, 5.74) is 5.54. The van der Waals surface area contributed by atoms with E-state index in [4.69, 9.17) is 20.0 Å². The molecule has 1 aliphatic rings. The van der Waals surface area contributed by atoms with Gasteiger partial charge in [0, 0.05) is 13.1 Å². The van der Waals surface area contributed by atoms with Crippen LogP contribution in [-0.2, 0) is 30.4 Å². The molecule has 1 saturated heterocycles. The van der Waals surface area contributed by atoms with Crippen LogP contribution in [0.2, 0.25) is 0 Å². The quantitative estimate of drug-likeness (QED) is 0.646. The molecular weight excluding hydrogens is 384 g/mol. The van der Waals surface area contributed by atoms with Crippen molar-refractivity contribution < 1.29 is 23.9 Å². The zero-order valence-corrected chi connectivity index (χ0v) is 19.0. The van der Waals surface area contributed by atoms with E-state index in [-0.39, 0.29) is 19.1 Å². The van der Waals surface area contributed by atoms with Crippen LogP contribution >= 0.6 is 0 Å². The molecule has 0 amide bonds. The first-order chi connectivity index (χ1) is 14.0. The fraction of sp³-hybridized carbons (Fsp3) is 0.652. The van der Waals surface area contributed by atoms with Crippen molar-refractivity contribution in [3.05, 3.63) is 35.9 Å². The van der Waals surface area contributed by atoms with E-state index in [0.29, 0.717) is 13.0 Å². The lowest BCUT2D eigenvalue weighted by Gasteiger charge is -2.37. The van der Waals surface area contributed by atoms with Gasteiger partial charge in [0.2, 0.25) is 0 Å². The molecule has 2 unspecified atom stereocenters. The molecule has 30 heavy (non-hydrogen) atoms. The van der Waals surface area contributed by atoms with Crippen LogP contribution in [0.5, 0.6) is 0 Å². The van der Waals surface area contributed by atoms with Crippen LogP contribution in [-0.4, -0.2) is 47.4 Å². The molecular formula is C23H36N2O5. The Hall–Kier alpha value is -1.96. The van der Waals surface area contributed by atoms with Gasteiger partial charge in [0.15, 0.2) is 0 Å². The van der Waals surface area contributed by atoms with Crippen LogP contribution in [0.3, 0.4) is 0 Å². The molecule has 0 radical (unpaired) electrons. The summed E-state index contributed by atoms with van der Waals surface area (Å²) in [6, 6.07) is 9.78. The fourth-order valence-electron chi connectivity index (χ4n) is 3.75. The van der Waals surface area contributed by atoms with Crippen LogP contribution in [0, 0.1) is 11.8 Å². The summed E-state index contributed by atoms with van der Waals surface area (Å²) < 4.78 is 10.9. The summed E-state index contributed by atoms with van der Waals surface area (Å²) in [4.78, 5) is 32.1. The zero-order valence-electron chi connectivity index (χ0n) is 19.0. The van der Waals surface area contributed by atoms with E-state index in [1.807, 2.05) is 44.2 Å². The number of carbonyl (C=O) groups is 2. The molecule has 2 rings (SSSR count). The Labute approximate surface area is 179 Å². The molecule has 0 aliphatic carbocycles. The second kappa shape index (κ2) is 9.90. The number of ether oxygens (including phenoxy) is 2. The van der Waals surface area contributed by atoms with Gasteiger partial charge in [0.05, 0.1) is 6.61 Å². The predicted octanol–water partition coefficient (Wildman–Crippen LogP) is 3.07. The lowest BCUT2D eigenvalue weighted by atomic mass is 9.79. The predicted molar refractivity (Wildman–Crippen MR) is 114 cm³/mol. The average molecular weight is 421 g/mol. The summed E-state index contributed by atoms with van der Waals surface area (Å²) in [5.74, 6) is -1.58. The molecule has 1 aliphatic heterocycles. The number of rotatable bonds is 8. The second-order valence-electron chi connectivity index (χ2n) is 9.33. The second-order valence-corrected chi connectivity index (χ2v) is 9.33. The van der Waals surface area contributed by atoms with Gasteiger partial charge in [-0.2, -0.15) is 5.06 Å². The fourth-order valence-corrected chi connectivity index (χ4v) is 3.75. The summed E-state index contributed by atoms with van der Waals surface area (Å²) in [7, 11) is 0. The molecule has 2 N–H and O–H groups in total. The molecule has 0 saturated carbocycles. The van der Waals surface area contributed by atoms with Gasteiger partial charge >= 0.3 is 11.9 Å². The Balaban J connectivity index is 2.35. The minimum absolute atomic E-state index is 0.0946. The van der Waals surface area contributed by atoms with Gasteiger partial charge < -0.3 is 15.2 Å². The van der Waals surface area contributed by atoms with Gasteiger partial charge in [0.1, 0.15) is 23.2 Å². The van der Waals surface area contributed by atoms with Gasteiger partial charge in [-0.25, -0.2) is 4.79 Å². The Morgan fingerprint density at radius 2 is 1.87 bits per heavy atom. The lowest BCUT2D eigenvalue weighted by molar-refractivity contribution is -0.196. The van der Waals surface area contributed by atoms with Crippen molar-refractivity contribution in [2.75, 3.05) is 13.2 Å². The summed E-state index contributed by atoms with van der Waals surface area (Å²) >= 11 is 0. The van der Waals surface area contributed by atoms with Gasteiger partial charge in [-0.3, -0.25) is 9.63 Å². The highest BCUT2D eigenvalue weighted by molar-refractivity contribution is 5.84.